The van der Waals surface area contributed by atoms with Gasteiger partial charge in [0.05, 0.1) is 18.6 Å². The van der Waals surface area contributed by atoms with E-state index in [2.05, 4.69) is 0 Å². The number of allylic oxidation sites excluding steroid dienone is 1. The molecule has 156 valence electrons. The molecule has 30 heavy (non-hydrogen) atoms. The summed E-state index contributed by atoms with van der Waals surface area (Å²) in [7, 11) is 0. The normalized spacial score (nSPS) is 21.1. The average molecular weight is 405 g/mol. The molecule has 2 atom stereocenters. The Labute approximate surface area is 178 Å². The monoisotopic (exact) mass is 404 g/mol. The molecule has 2 aromatic carbocycles. The molecule has 0 aliphatic heterocycles. The second-order valence-corrected chi connectivity index (χ2v) is 7.31. The molecule has 2 aromatic rings. The zero-order valence-electron chi connectivity index (χ0n) is 17.5. The molecule has 0 aromatic heterocycles. The van der Waals surface area contributed by atoms with Gasteiger partial charge in [0.15, 0.2) is 0 Å². The molecule has 0 amide bonds. The summed E-state index contributed by atoms with van der Waals surface area (Å²) in [5, 5.41) is 0. The van der Waals surface area contributed by atoms with Crippen LogP contribution in [0.3, 0.4) is 0 Å². The van der Waals surface area contributed by atoms with Crippen LogP contribution in [0.2, 0.25) is 0 Å². The Morgan fingerprint density at radius 2 is 1.60 bits per heavy atom. The van der Waals surface area contributed by atoms with Crippen molar-refractivity contribution in [2.24, 2.45) is 5.41 Å². The van der Waals surface area contributed by atoms with E-state index in [1.165, 1.54) is 0 Å². The smallest absolute Gasteiger partial charge is 0.333 e. The molecule has 0 spiro atoms. The lowest BCUT2D eigenvalue weighted by atomic mass is 9.64. The number of carbonyl (C=O) groups is 2. The van der Waals surface area contributed by atoms with E-state index in [4.69, 9.17) is 9.47 Å². The third-order valence-corrected chi connectivity index (χ3v) is 5.46. The van der Waals surface area contributed by atoms with E-state index in [9.17, 15) is 9.59 Å². The van der Waals surface area contributed by atoms with Gasteiger partial charge in [0.25, 0.3) is 0 Å². The van der Waals surface area contributed by atoms with Crippen LogP contribution in [-0.2, 0) is 19.1 Å². The van der Waals surface area contributed by atoms with Gasteiger partial charge in [0, 0.05) is 11.5 Å². The van der Waals surface area contributed by atoms with Gasteiger partial charge in [0.2, 0.25) is 0 Å². The summed E-state index contributed by atoms with van der Waals surface area (Å²) >= 11 is 0. The number of hydrogen-bond donors (Lipinski definition) is 0. The van der Waals surface area contributed by atoms with Gasteiger partial charge in [-0.3, -0.25) is 4.79 Å². The van der Waals surface area contributed by atoms with E-state index in [0.29, 0.717) is 31.6 Å². The quantitative estimate of drug-likeness (QED) is 0.587. The summed E-state index contributed by atoms with van der Waals surface area (Å²) in [4.78, 5) is 25.7. The van der Waals surface area contributed by atoms with Gasteiger partial charge in [-0.25, -0.2) is 4.79 Å². The second kappa shape index (κ2) is 10.1. The summed E-state index contributed by atoms with van der Waals surface area (Å²) in [5.41, 5.74) is 1.68. The molecule has 0 heterocycles. The van der Waals surface area contributed by atoms with Gasteiger partial charge in [-0.2, -0.15) is 0 Å². The van der Waals surface area contributed by atoms with Gasteiger partial charge >= 0.3 is 11.9 Å². The summed E-state index contributed by atoms with van der Waals surface area (Å²) < 4.78 is 10.8. The predicted molar refractivity (Wildman–Crippen MR) is 118 cm³/mol. The lowest BCUT2D eigenvalue weighted by Crippen LogP contribution is -2.39. The Balaban J connectivity index is 2.11. The van der Waals surface area contributed by atoms with E-state index >= 15 is 0 Å². The third-order valence-electron chi connectivity index (χ3n) is 5.46. The average Bonchev–Trinajstić information content (AvgIpc) is 2.79. The van der Waals surface area contributed by atoms with Crippen molar-refractivity contribution in [3.63, 3.8) is 0 Å². The molecule has 0 saturated carbocycles. The van der Waals surface area contributed by atoms with Gasteiger partial charge in [-0.1, -0.05) is 78.9 Å². The van der Waals surface area contributed by atoms with Crippen LogP contribution in [0, 0.1) is 5.41 Å². The van der Waals surface area contributed by atoms with Crippen molar-refractivity contribution in [2.75, 3.05) is 13.2 Å². The minimum Gasteiger partial charge on any atom is -0.465 e. The largest absolute Gasteiger partial charge is 0.465 e. The van der Waals surface area contributed by atoms with Crippen molar-refractivity contribution in [2.45, 2.75) is 32.6 Å². The Morgan fingerprint density at radius 3 is 2.23 bits per heavy atom. The van der Waals surface area contributed by atoms with Gasteiger partial charge in [-0.05, 0) is 37.8 Å². The first-order valence-electron chi connectivity index (χ1n) is 10.4. The molecule has 1 aliphatic carbocycles. The first-order chi connectivity index (χ1) is 14.6. The zero-order chi connectivity index (χ0) is 21.4. The number of hydrogen-bond acceptors (Lipinski definition) is 4. The molecular weight excluding hydrogens is 376 g/mol. The minimum atomic E-state index is -0.900. The van der Waals surface area contributed by atoms with Crippen molar-refractivity contribution in [1.82, 2.24) is 0 Å². The number of carbonyl (C=O) groups excluding carboxylic acids is 2. The fraction of sp³-hybridized carbons (Fsp3) is 0.308. The first-order valence-corrected chi connectivity index (χ1v) is 10.4. The molecule has 4 heteroatoms. The maximum absolute atomic E-state index is 13.3. The van der Waals surface area contributed by atoms with Crippen LogP contribution in [0.15, 0.2) is 78.4 Å². The summed E-state index contributed by atoms with van der Waals surface area (Å²) in [6.45, 7) is 4.23. The predicted octanol–water partition coefficient (Wildman–Crippen LogP) is 5.32. The summed E-state index contributed by atoms with van der Waals surface area (Å²) in [5.74, 6) is -0.918. The van der Waals surface area contributed by atoms with Crippen LogP contribution < -0.4 is 0 Å². The van der Waals surface area contributed by atoms with Crippen molar-refractivity contribution in [1.29, 1.82) is 0 Å². The van der Waals surface area contributed by atoms with Crippen LogP contribution in [0.1, 0.15) is 43.7 Å². The first kappa shape index (κ1) is 21.6. The van der Waals surface area contributed by atoms with E-state index in [1.54, 1.807) is 6.92 Å². The zero-order valence-corrected chi connectivity index (χ0v) is 17.5. The van der Waals surface area contributed by atoms with E-state index in [-0.39, 0.29) is 17.9 Å². The highest BCUT2D eigenvalue weighted by atomic mass is 16.5. The maximum atomic E-state index is 13.3. The van der Waals surface area contributed by atoms with Crippen molar-refractivity contribution >= 4 is 18.0 Å². The SMILES string of the molecule is CCOC(=O)C1=CC(c2ccccc2)C(/C=C/c2ccccc2)(C(=O)OCC)CC1. The van der Waals surface area contributed by atoms with Gasteiger partial charge in [0.1, 0.15) is 0 Å². The highest BCUT2D eigenvalue weighted by Crippen LogP contribution is 2.48. The molecule has 0 N–H and O–H groups in total. The van der Waals surface area contributed by atoms with E-state index in [1.807, 2.05) is 85.8 Å². The molecule has 1 aliphatic rings. The maximum Gasteiger partial charge on any atom is 0.333 e. The lowest BCUT2D eigenvalue weighted by Gasteiger charge is -2.38. The molecule has 0 bridgehead atoms. The van der Waals surface area contributed by atoms with Crippen LogP contribution >= 0.6 is 0 Å². The molecule has 3 rings (SSSR count). The van der Waals surface area contributed by atoms with Crippen LogP contribution in [0.5, 0.6) is 0 Å². The number of esters is 2. The van der Waals surface area contributed by atoms with Gasteiger partial charge < -0.3 is 9.47 Å². The van der Waals surface area contributed by atoms with Crippen molar-refractivity contribution in [3.05, 3.63) is 89.5 Å². The highest BCUT2D eigenvalue weighted by Gasteiger charge is 2.47. The van der Waals surface area contributed by atoms with Crippen LogP contribution in [0.4, 0.5) is 0 Å². The standard InChI is InChI=1S/C26H28O4/c1-3-29-24(27)22-16-18-26(25(28)30-4-2,17-15-20-11-7-5-8-12-20)23(19-22)21-13-9-6-10-14-21/h5-15,17,19,23H,3-4,16,18H2,1-2H3/b17-15+. The molecule has 0 saturated heterocycles. The van der Waals surface area contributed by atoms with Gasteiger partial charge in [-0.15, -0.1) is 0 Å². The molecular formula is C26H28O4. The highest BCUT2D eigenvalue weighted by molar-refractivity contribution is 5.91. The van der Waals surface area contributed by atoms with Crippen LogP contribution in [-0.4, -0.2) is 25.2 Å². The topological polar surface area (TPSA) is 52.6 Å². The second-order valence-electron chi connectivity index (χ2n) is 7.31. The van der Waals surface area contributed by atoms with E-state index < -0.39 is 5.41 Å². The fourth-order valence-electron chi connectivity index (χ4n) is 3.94. The summed E-state index contributed by atoms with van der Waals surface area (Å²) in [6, 6.07) is 19.7. The number of rotatable bonds is 7. The lowest BCUT2D eigenvalue weighted by molar-refractivity contribution is -0.154. The van der Waals surface area contributed by atoms with Crippen molar-refractivity contribution < 1.29 is 19.1 Å². The number of ether oxygens (including phenoxy) is 2. The summed E-state index contributed by atoms with van der Waals surface area (Å²) in [6.07, 6.45) is 6.75. The Bertz CT molecular complexity index is 915. The molecule has 0 radical (unpaired) electrons. The Hall–Kier alpha value is -3.14. The molecule has 4 nitrogen and oxygen atoms in total. The van der Waals surface area contributed by atoms with Crippen molar-refractivity contribution in [3.8, 4) is 0 Å². The Kier molecular flexibility index (Phi) is 7.23. The Morgan fingerprint density at radius 1 is 0.967 bits per heavy atom. The fourth-order valence-corrected chi connectivity index (χ4v) is 3.94. The minimum absolute atomic E-state index is 0.273. The molecule has 2 unspecified atom stereocenters. The molecule has 0 fully saturated rings. The third kappa shape index (κ3) is 4.70. The van der Waals surface area contributed by atoms with Crippen LogP contribution in [0.25, 0.3) is 6.08 Å². The number of benzene rings is 2. The van der Waals surface area contributed by atoms with E-state index in [0.717, 1.165) is 11.1 Å².